The molecular formula is C22H25N3O5. The number of aryl methyl sites for hydroxylation is 1. The number of nitrogens with one attached hydrogen (secondary N) is 2. The SMILES string of the molecule is CC1(CCc2ccccc2)NC(=O)N(NC(=O)COCCOc2ccccc2)C1=O. The number of nitrogens with zero attached hydrogens (tertiary/aromatic N) is 1. The summed E-state index contributed by atoms with van der Waals surface area (Å²) in [5.41, 5.74) is 2.29. The molecule has 2 aromatic rings. The first kappa shape index (κ1) is 21.3. The lowest BCUT2D eigenvalue weighted by Crippen LogP contribution is -2.49. The zero-order chi connectivity index (χ0) is 21.4. The highest BCUT2D eigenvalue weighted by Gasteiger charge is 2.48. The van der Waals surface area contributed by atoms with E-state index < -0.39 is 23.4 Å². The molecule has 1 heterocycles. The lowest BCUT2D eigenvalue weighted by Gasteiger charge is -2.21. The van der Waals surface area contributed by atoms with Gasteiger partial charge in [0.15, 0.2) is 0 Å². The van der Waals surface area contributed by atoms with Gasteiger partial charge in [0.1, 0.15) is 24.5 Å². The largest absolute Gasteiger partial charge is 0.491 e. The van der Waals surface area contributed by atoms with Crippen LogP contribution in [0.4, 0.5) is 4.79 Å². The lowest BCUT2D eigenvalue weighted by atomic mass is 9.93. The van der Waals surface area contributed by atoms with Crippen molar-refractivity contribution in [3.8, 4) is 5.75 Å². The molecule has 0 bridgehead atoms. The van der Waals surface area contributed by atoms with E-state index in [1.807, 2.05) is 60.7 Å². The number of rotatable bonds is 10. The van der Waals surface area contributed by atoms with Gasteiger partial charge < -0.3 is 14.8 Å². The maximum atomic E-state index is 12.7. The molecule has 30 heavy (non-hydrogen) atoms. The molecule has 0 aromatic heterocycles. The van der Waals surface area contributed by atoms with Crippen LogP contribution in [0.2, 0.25) is 0 Å². The normalized spacial score (nSPS) is 18.2. The minimum absolute atomic E-state index is 0.192. The number of amides is 4. The van der Waals surface area contributed by atoms with Gasteiger partial charge in [0.2, 0.25) is 0 Å². The first-order valence-electron chi connectivity index (χ1n) is 9.74. The molecule has 1 atom stereocenters. The van der Waals surface area contributed by atoms with Crippen LogP contribution in [0.25, 0.3) is 0 Å². The first-order chi connectivity index (χ1) is 14.5. The average molecular weight is 411 g/mol. The van der Waals surface area contributed by atoms with Crippen LogP contribution < -0.4 is 15.5 Å². The van der Waals surface area contributed by atoms with Gasteiger partial charge in [0, 0.05) is 0 Å². The average Bonchev–Trinajstić information content (AvgIpc) is 2.97. The molecule has 8 nitrogen and oxygen atoms in total. The molecule has 2 aromatic carbocycles. The summed E-state index contributed by atoms with van der Waals surface area (Å²) >= 11 is 0. The number of hydrazine groups is 1. The van der Waals surface area contributed by atoms with Crippen LogP contribution in [0.5, 0.6) is 5.75 Å². The Morgan fingerprint density at radius 1 is 1.03 bits per heavy atom. The van der Waals surface area contributed by atoms with E-state index in [1.54, 1.807) is 6.92 Å². The Bertz CT molecular complexity index is 875. The summed E-state index contributed by atoms with van der Waals surface area (Å²) < 4.78 is 10.7. The fraction of sp³-hybridized carbons (Fsp3) is 0.318. The van der Waals surface area contributed by atoms with Crippen molar-refractivity contribution in [1.82, 2.24) is 15.8 Å². The number of para-hydroxylation sites is 1. The molecule has 1 fully saturated rings. The smallest absolute Gasteiger partial charge is 0.344 e. The number of hydrogen-bond donors (Lipinski definition) is 2. The highest BCUT2D eigenvalue weighted by Crippen LogP contribution is 2.22. The summed E-state index contributed by atoms with van der Waals surface area (Å²) in [6, 6.07) is 18.3. The first-order valence-corrected chi connectivity index (χ1v) is 9.74. The van der Waals surface area contributed by atoms with E-state index in [0.29, 0.717) is 18.6 Å². The fourth-order valence-electron chi connectivity index (χ4n) is 3.05. The van der Waals surface area contributed by atoms with Crippen molar-refractivity contribution < 1.29 is 23.9 Å². The highest BCUT2D eigenvalue weighted by molar-refractivity contribution is 6.07. The van der Waals surface area contributed by atoms with Crippen LogP contribution in [0, 0.1) is 0 Å². The third-order valence-electron chi connectivity index (χ3n) is 4.73. The number of carbonyl (C=O) groups is 3. The van der Waals surface area contributed by atoms with Crippen LogP contribution >= 0.6 is 0 Å². The van der Waals surface area contributed by atoms with Gasteiger partial charge in [-0.05, 0) is 37.5 Å². The van der Waals surface area contributed by atoms with E-state index in [1.165, 1.54) is 0 Å². The van der Waals surface area contributed by atoms with Gasteiger partial charge in [0.25, 0.3) is 11.8 Å². The second-order valence-electron chi connectivity index (χ2n) is 7.14. The number of ether oxygens (including phenoxy) is 2. The minimum Gasteiger partial charge on any atom is -0.491 e. The van der Waals surface area contributed by atoms with Gasteiger partial charge in [0.05, 0.1) is 6.61 Å². The van der Waals surface area contributed by atoms with Crippen LogP contribution in [0.3, 0.4) is 0 Å². The molecule has 1 unspecified atom stereocenters. The molecule has 1 aliphatic rings. The van der Waals surface area contributed by atoms with Gasteiger partial charge in [-0.15, -0.1) is 0 Å². The summed E-state index contributed by atoms with van der Waals surface area (Å²) in [6.07, 6.45) is 1.04. The fourth-order valence-corrected chi connectivity index (χ4v) is 3.05. The van der Waals surface area contributed by atoms with Gasteiger partial charge in [-0.3, -0.25) is 15.0 Å². The Morgan fingerprint density at radius 2 is 1.70 bits per heavy atom. The molecule has 0 radical (unpaired) electrons. The van der Waals surface area contributed by atoms with Crippen LogP contribution in [-0.2, 0) is 20.7 Å². The topological polar surface area (TPSA) is 97.0 Å². The predicted octanol–water partition coefficient (Wildman–Crippen LogP) is 2.06. The summed E-state index contributed by atoms with van der Waals surface area (Å²) in [6.45, 7) is 1.82. The summed E-state index contributed by atoms with van der Waals surface area (Å²) in [7, 11) is 0. The summed E-state index contributed by atoms with van der Waals surface area (Å²) in [4.78, 5) is 37.0. The molecule has 2 N–H and O–H groups in total. The van der Waals surface area contributed by atoms with Crippen LogP contribution in [-0.4, -0.2) is 48.2 Å². The van der Waals surface area contributed by atoms with Crippen molar-refractivity contribution in [2.24, 2.45) is 0 Å². The zero-order valence-electron chi connectivity index (χ0n) is 16.8. The standard InChI is InChI=1S/C22H25N3O5/c1-22(13-12-17-8-4-2-5-9-17)20(27)25(21(28)23-22)24-19(26)16-29-14-15-30-18-10-6-3-7-11-18/h2-11H,12-16H2,1H3,(H,23,28)(H,24,26). The summed E-state index contributed by atoms with van der Waals surface area (Å²) in [5.74, 6) is -0.380. The number of imide groups is 1. The van der Waals surface area contributed by atoms with Crippen LogP contribution in [0.1, 0.15) is 18.9 Å². The zero-order valence-corrected chi connectivity index (χ0v) is 16.8. The van der Waals surface area contributed by atoms with Crippen molar-refractivity contribution in [3.05, 3.63) is 66.2 Å². The third kappa shape index (κ3) is 5.57. The maximum absolute atomic E-state index is 12.7. The van der Waals surface area contributed by atoms with Gasteiger partial charge in [-0.2, -0.15) is 5.01 Å². The van der Waals surface area contributed by atoms with Crippen LogP contribution in [0.15, 0.2) is 60.7 Å². The maximum Gasteiger partial charge on any atom is 0.344 e. The molecule has 0 spiro atoms. The Morgan fingerprint density at radius 3 is 2.40 bits per heavy atom. The Kier molecular flexibility index (Phi) is 7.03. The highest BCUT2D eigenvalue weighted by atomic mass is 16.5. The van der Waals surface area contributed by atoms with Gasteiger partial charge >= 0.3 is 6.03 Å². The molecule has 4 amide bonds. The second kappa shape index (κ2) is 9.89. The Hall–Kier alpha value is -3.39. The molecule has 0 saturated carbocycles. The number of carbonyl (C=O) groups excluding carboxylic acids is 3. The van der Waals surface area contributed by atoms with E-state index in [0.717, 1.165) is 10.6 Å². The third-order valence-corrected chi connectivity index (χ3v) is 4.73. The molecule has 0 aliphatic carbocycles. The van der Waals surface area contributed by atoms with Crippen molar-refractivity contribution in [2.45, 2.75) is 25.3 Å². The molecule has 3 rings (SSSR count). The number of urea groups is 1. The number of hydrogen-bond acceptors (Lipinski definition) is 5. The van der Waals surface area contributed by atoms with E-state index in [-0.39, 0.29) is 19.8 Å². The quantitative estimate of drug-likeness (QED) is 0.461. The van der Waals surface area contributed by atoms with Crippen molar-refractivity contribution in [2.75, 3.05) is 19.8 Å². The minimum atomic E-state index is -1.08. The Labute approximate surface area is 175 Å². The Balaban J connectivity index is 1.41. The van der Waals surface area contributed by atoms with Crippen molar-refractivity contribution >= 4 is 17.8 Å². The van der Waals surface area contributed by atoms with Crippen molar-refractivity contribution in [1.29, 1.82) is 0 Å². The number of benzene rings is 2. The van der Waals surface area contributed by atoms with E-state index in [9.17, 15) is 14.4 Å². The van der Waals surface area contributed by atoms with E-state index in [4.69, 9.17) is 9.47 Å². The molecule has 1 aliphatic heterocycles. The monoisotopic (exact) mass is 411 g/mol. The summed E-state index contributed by atoms with van der Waals surface area (Å²) in [5, 5.41) is 3.38. The molecular weight excluding hydrogens is 386 g/mol. The van der Waals surface area contributed by atoms with E-state index in [2.05, 4.69) is 10.7 Å². The second-order valence-corrected chi connectivity index (χ2v) is 7.14. The predicted molar refractivity (Wildman–Crippen MR) is 109 cm³/mol. The van der Waals surface area contributed by atoms with Crippen molar-refractivity contribution in [3.63, 3.8) is 0 Å². The molecule has 1 saturated heterocycles. The lowest BCUT2D eigenvalue weighted by molar-refractivity contribution is -0.140. The van der Waals surface area contributed by atoms with Gasteiger partial charge in [-0.1, -0.05) is 48.5 Å². The molecule has 8 heteroatoms. The molecule has 158 valence electrons. The van der Waals surface area contributed by atoms with E-state index >= 15 is 0 Å². The van der Waals surface area contributed by atoms with Gasteiger partial charge in [-0.25, -0.2) is 4.79 Å².